The van der Waals surface area contributed by atoms with E-state index >= 15 is 0 Å². The summed E-state index contributed by atoms with van der Waals surface area (Å²) in [4.78, 5) is 19.7. The van der Waals surface area contributed by atoms with E-state index in [1.807, 2.05) is 0 Å². The van der Waals surface area contributed by atoms with Crippen molar-refractivity contribution in [3.05, 3.63) is 69.3 Å². The number of carbonyl (C=O) groups is 1. The maximum Gasteiger partial charge on any atom is 0.418 e. The number of hydrogen-bond acceptors (Lipinski definition) is 8. The number of allylic oxidation sites excluding steroid dienone is 1. The predicted molar refractivity (Wildman–Crippen MR) is 124 cm³/mol. The number of hydrogen-bond donors (Lipinski definition) is 2. The molecule has 3 aromatic rings. The highest BCUT2D eigenvalue weighted by atomic mass is 79.9. The fourth-order valence-corrected chi connectivity index (χ4v) is 4.57. The van der Waals surface area contributed by atoms with Gasteiger partial charge in [0.05, 0.1) is 20.6 Å². The van der Waals surface area contributed by atoms with Crippen LogP contribution < -0.4 is 5.73 Å². The first-order valence-corrected chi connectivity index (χ1v) is 12.5. The Morgan fingerprint density at radius 2 is 1.85 bits per heavy atom. The van der Waals surface area contributed by atoms with Gasteiger partial charge in [-0.2, -0.15) is 17.5 Å². The summed E-state index contributed by atoms with van der Waals surface area (Å²) in [6, 6.07) is 10.2. The van der Waals surface area contributed by atoms with Gasteiger partial charge < -0.3 is 10.8 Å². The minimum Gasteiger partial charge on any atom is -0.477 e. The smallest absolute Gasteiger partial charge is 0.418 e. The van der Waals surface area contributed by atoms with Crippen LogP contribution in [0.2, 0.25) is 0 Å². The van der Waals surface area contributed by atoms with Crippen LogP contribution in [-0.2, 0) is 20.8 Å². The lowest BCUT2D eigenvalue weighted by Crippen LogP contribution is -2.16. The van der Waals surface area contributed by atoms with E-state index in [0.29, 0.717) is 5.56 Å². The van der Waals surface area contributed by atoms with E-state index < -0.39 is 38.9 Å². The molecule has 14 heteroatoms. The summed E-state index contributed by atoms with van der Waals surface area (Å²) in [5.41, 5.74) is 3.37. The van der Waals surface area contributed by atoms with Crippen molar-refractivity contribution in [2.75, 3.05) is 6.26 Å². The molecule has 178 valence electrons. The van der Waals surface area contributed by atoms with E-state index in [0.717, 1.165) is 29.9 Å². The van der Waals surface area contributed by atoms with Gasteiger partial charge in [-0.1, -0.05) is 24.3 Å². The Labute approximate surface area is 203 Å². The Bertz CT molecular complexity index is 1430. The van der Waals surface area contributed by atoms with Gasteiger partial charge in [-0.25, -0.2) is 23.2 Å². The molecule has 3 rings (SSSR count). The first kappa shape index (κ1) is 25.5. The summed E-state index contributed by atoms with van der Waals surface area (Å²) in [5.74, 6) is -1.47. The molecular weight excluding hydrogens is 561 g/mol. The number of aliphatic imine (C=N–C) groups is 1. The summed E-state index contributed by atoms with van der Waals surface area (Å²) in [5, 5.41) is 9.20. The van der Waals surface area contributed by atoms with E-state index in [4.69, 9.17) is 5.73 Å². The molecule has 0 saturated carbocycles. The first-order chi connectivity index (χ1) is 15.8. The minimum atomic E-state index is -4.72. The van der Waals surface area contributed by atoms with E-state index in [9.17, 15) is 31.5 Å². The SMILES string of the molecule is CS(=O)(=O)c1cccc(-c2nsc(C(=Nc3ccccc3C(F)(F)F)/C(Br)=C(\N)C(=O)O)n2)c1. The van der Waals surface area contributed by atoms with Crippen LogP contribution in [0, 0.1) is 0 Å². The molecule has 0 spiro atoms. The van der Waals surface area contributed by atoms with Gasteiger partial charge in [-0.15, -0.1) is 0 Å². The highest BCUT2D eigenvalue weighted by Gasteiger charge is 2.33. The normalized spacial score (nSPS) is 13.5. The number of nitrogens with two attached hydrogens (primary N) is 1. The van der Waals surface area contributed by atoms with E-state index in [1.54, 1.807) is 6.07 Å². The van der Waals surface area contributed by atoms with Crippen LogP contribution in [0.4, 0.5) is 18.9 Å². The van der Waals surface area contributed by atoms with Crippen LogP contribution in [-0.4, -0.2) is 40.8 Å². The standard InChI is InChI=1S/C20H14BrF3N4O4S2/c1-34(31,32)11-6-4-5-10(9-11)17-27-18(33-28-17)16(14(21)15(25)19(29)30)26-13-8-3-2-7-12(13)20(22,23)24/h2-9H,25H2,1H3,(H,29,30)/b15-14+,26-16?. The molecule has 34 heavy (non-hydrogen) atoms. The summed E-state index contributed by atoms with van der Waals surface area (Å²) in [7, 11) is -3.52. The van der Waals surface area contributed by atoms with Crippen LogP contribution in [0.3, 0.4) is 0 Å². The van der Waals surface area contributed by atoms with Gasteiger partial charge in [0.15, 0.2) is 20.7 Å². The van der Waals surface area contributed by atoms with Crippen molar-refractivity contribution in [3.63, 3.8) is 0 Å². The lowest BCUT2D eigenvalue weighted by molar-refractivity contribution is -0.137. The van der Waals surface area contributed by atoms with E-state index in [2.05, 4.69) is 30.3 Å². The van der Waals surface area contributed by atoms with E-state index in [-0.39, 0.29) is 25.9 Å². The lowest BCUT2D eigenvalue weighted by atomic mass is 10.1. The average molecular weight is 575 g/mol. The predicted octanol–water partition coefficient (Wildman–Crippen LogP) is 4.40. The Morgan fingerprint density at radius 1 is 1.18 bits per heavy atom. The van der Waals surface area contributed by atoms with Gasteiger partial charge in [-0.3, -0.25) is 0 Å². The van der Waals surface area contributed by atoms with Gasteiger partial charge >= 0.3 is 12.1 Å². The maximum atomic E-state index is 13.5. The fraction of sp³-hybridized carbons (Fsp3) is 0.100. The molecule has 0 fully saturated rings. The molecule has 0 amide bonds. The van der Waals surface area contributed by atoms with Crippen molar-refractivity contribution in [2.45, 2.75) is 11.1 Å². The molecule has 0 aliphatic carbocycles. The number of aliphatic carboxylic acids is 1. The zero-order chi connectivity index (χ0) is 25.3. The Kier molecular flexibility index (Phi) is 7.24. The summed E-state index contributed by atoms with van der Waals surface area (Å²) in [6.07, 6.45) is -3.69. The van der Waals surface area contributed by atoms with Gasteiger partial charge in [0.25, 0.3) is 0 Å². The van der Waals surface area contributed by atoms with Crippen molar-refractivity contribution in [1.82, 2.24) is 9.36 Å². The largest absolute Gasteiger partial charge is 0.477 e. The van der Waals surface area contributed by atoms with Crippen LogP contribution >= 0.6 is 27.5 Å². The number of para-hydroxylation sites is 1. The van der Waals surface area contributed by atoms with Crippen LogP contribution in [0.5, 0.6) is 0 Å². The molecule has 0 radical (unpaired) electrons. The Hall–Kier alpha value is -3.10. The number of sulfone groups is 1. The molecule has 3 N–H and O–H groups in total. The maximum absolute atomic E-state index is 13.5. The highest BCUT2D eigenvalue weighted by molar-refractivity contribution is 9.12. The molecule has 0 saturated heterocycles. The molecular formula is C20H14BrF3N4O4S2. The summed E-state index contributed by atoms with van der Waals surface area (Å²) < 4.78 is 67.9. The van der Waals surface area contributed by atoms with Gasteiger partial charge in [0.1, 0.15) is 11.4 Å². The second kappa shape index (κ2) is 9.64. The van der Waals surface area contributed by atoms with Gasteiger partial charge in [-0.05, 0) is 51.7 Å². The van der Waals surface area contributed by atoms with Crippen molar-refractivity contribution in [1.29, 1.82) is 0 Å². The number of rotatable bonds is 6. The number of halogens is 4. The highest BCUT2D eigenvalue weighted by Crippen LogP contribution is 2.37. The second-order valence-corrected chi connectivity index (χ2v) is 10.3. The Balaban J connectivity index is 2.20. The average Bonchev–Trinajstić information content (AvgIpc) is 3.25. The zero-order valence-corrected chi connectivity index (χ0v) is 20.3. The third kappa shape index (κ3) is 5.69. The third-order valence-corrected chi connectivity index (χ3v) is 6.90. The molecule has 0 atom stereocenters. The van der Waals surface area contributed by atoms with Crippen LogP contribution in [0.1, 0.15) is 10.6 Å². The molecule has 0 aliphatic rings. The Morgan fingerprint density at radius 3 is 2.47 bits per heavy atom. The number of alkyl halides is 3. The number of carboxylic acids is 1. The molecule has 8 nitrogen and oxygen atoms in total. The second-order valence-electron chi connectivity index (χ2n) is 6.73. The van der Waals surface area contributed by atoms with Gasteiger partial charge in [0, 0.05) is 11.8 Å². The van der Waals surface area contributed by atoms with Crippen molar-refractivity contribution in [2.24, 2.45) is 10.7 Å². The molecule has 1 aromatic heterocycles. The van der Waals surface area contributed by atoms with Crippen LogP contribution in [0.25, 0.3) is 11.4 Å². The number of carboxylic acid groups (broad SMARTS) is 1. The number of aromatic nitrogens is 2. The molecule has 0 unspecified atom stereocenters. The topological polar surface area (TPSA) is 136 Å². The quantitative estimate of drug-likeness (QED) is 0.329. The van der Waals surface area contributed by atoms with Crippen molar-refractivity contribution >= 4 is 54.7 Å². The summed E-state index contributed by atoms with van der Waals surface area (Å²) in [6.45, 7) is 0. The minimum absolute atomic E-state index is 0.0190. The molecule has 0 bridgehead atoms. The first-order valence-electron chi connectivity index (χ1n) is 9.07. The van der Waals surface area contributed by atoms with Crippen molar-refractivity contribution in [3.8, 4) is 11.4 Å². The monoisotopic (exact) mass is 574 g/mol. The van der Waals surface area contributed by atoms with Crippen molar-refractivity contribution < 1.29 is 31.5 Å². The van der Waals surface area contributed by atoms with Gasteiger partial charge in [0.2, 0.25) is 0 Å². The summed E-state index contributed by atoms with van der Waals surface area (Å²) >= 11 is 3.72. The molecule has 0 aliphatic heterocycles. The third-order valence-electron chi connectivity index (χ3n) is 4.27. The number of benzene rings is 2. The lowest BCUT2D eigenvalue weighted by Gasteiger charge is -2.11. The fourth-order valence-electron chi connectivity index (χ4n) is 2.65. The molecule has 2 aromatic carbocycles. The molecule has 1 heterocycles. The number of nitrogens with zero attached hydrogens (tertiary/aromatic N) is 3. The zero-order valence-electron chi connectivity index (χ0n) is 17.0. The van der Waals surface area contributed by atoms with Crippen LogP contribution in [0.15, 0.2) is 68.6 Å². The van der Waals surface area contributed by atoms with E-state index in [1.165, 1.54) is 30.3 Å².